The highest BCUT2D eigenvalue weighted by atomic mass is 35.5. The summed E-state index contributed by atoms with van der Waals surface area (Å²) in [5.41, 5.74) is 0.0492. The fraction of sp³-hybridized carbons (Fsp3) is 0.462. The highest BCUT2D eigenvalue weighted by Gasteiger charge is 2.33. The van der Waals surface area contributed by atoms with E-state index in [4.69, 9.17) is 32.7 Å². The molecule has 1 heterocycles. The number of rotatable bonds is 5. The van der Waals surface area contributed by atoms with E-state index < -0.39 is 0 Å². The van der Waals surface area contributed by atoms with E-state index in [-0.39, 0.29) is 17.9 Å². The maximum atomic E-state index is 11.6. The Labute approximate surface area is 122 Å². The van der Waals surface area contributed by atoms with Gasteiger partial charge in [0.1, 0.15) is 5.75 Å². The number of hydrogen-bond acceptors (Lipinski definition) is 3. The van der Waals surface area contributed by atoms with Gasteiger partial charge in [-0.15, -0.1) is 0 Å². The first-order valence-electron chi connectivity index (χ1n) is 5.91. The molecular weight excluding hydrogens is 289 g/mol. The maximum absolute atomic E-state index is 11.6. The number of ether oxygens (including phenoxy) is 2. The molecule has 1 aromatic carbocycles. The summed E-state index contributed by atoms with van der Waals surface area (Å²) < 4.78 is 10.5. The van der Waals surface area contributed by atoms with Crippen LogP contribution < -0.4 is 10.1 Å². The number of hydrogen-bond donors (Lipinski definition) is 1. The van der Waals surface area contributed by atoms with Crippen LogP contribution in [0.5, 0.6) is 5.75 Å². The highest BCUT2D eigenvalue weighted by molar-refractivity contribution is 6.35. The summed E-state index contributed by atoms with van der Waals surface area (Å²) in [4.78, 5) is 11.6. The van der Waals surface area contributed by atoms with Gasteiger partial charge in [0, 0.05) is 17.0 Å². The van der Waals surface area contributed by atoms with Crippen LogP contribution in [0.1, 0.15) is 6.92 Å². The topological polar surface area (TPSA) is 47.6 Å². The minimum Gasteiger partial charge on any atom is -0.482 e. The standard InChI is InChI=1S/C13H15Cl2NO3/c1-13(7-18-8-13)6-16-12(17)5-19-11-3-2-9(14)4-10(11)15/h2-4H,5-8H2,1H3,(H,16,17). The molecule has 0 spiro atoms. The van der Waals surface area contributed by atoms with Crippen molar-refractivity contribution in [1.29, 1.82) is 0 Å². The molecule has 0 aliphatic carbocycles. The number of carbonyl (C=O) groups excluding carboxylic acids is 1. The Hall–Kier alpha value is -0.970. The second kappa shape index (κ2) is 5.99. The number of nitrogens with one attached hydrogen (secondary N) is 1. The quantitative estimate of drug-likeness (QED) is 0.909. The molecule has 0 saturated carbocycles. The van der Waals surface area contributed by atoms with Crippen molar-refractivity contribution in [3.05, 3.63) is 28.2 Å². The minimum absolute atomic E-state index is 0.0492. The number of carbonyl (C=O) groups is 1. The zero-order chi connectivity index (χ0) is 13.9. The van der Waals surface area contributed by atoms with Crippen molar-refractivity contribution in [1.82, 2.24) is 5.32 Å². The van der Waals surface area contributed by atoms with E-state index in [9.17, 15) is 4.79 Å². The van der Waals surface area contributed by atoms with Crippen LogP contribution in [0.25, 0.3) is 0 Å². The maximum Gasteiger partial charge on any atom is 0.257 e. The van der Waals surface area contributed by atoms with Gasteiger partial charge in [0.15, 0.2) is 6.61 Å². The van der Waals surface area contributed by atoms with Crippen LogP contribution >= 0.6 is 23.2 Å². The monoisotopic (exact) mass is 303 g/mol. The zero-order valence-corrected chi connectivity index (χ0v) is 12.1. The molecule has 1 saturated heterocycles. The van der Waals surface area contributed by atoms with Gasteiger partial charge < -0.3 is 14.8 Å². The van der Waals surface area contributed by atoms with E-state index in [1.807, 2.05) is 0 Å². The van der Waals surface area contributed by atoms with Crippen LogP contribution in [-0.4, -0.2) is 32.3 Å². The molecule has 1 N–H and O–H groups in total. The number of amides is 1. The van der Waals surface area contributed by atoms with Crippen molar-refractivity contribution in [2.24, 2.45) is 5.41 Å². The summed E-state index contributed by atoms with van der Waals surface area (Å²) in [6.07, 6.45) is 0. The predicted molar refractivity (Wildman–Crippen MR) is 73.9 cm³/mol. The molecule has 0 radical (unpaired) electrons. The third-order valence-corrected chi connectivity index (χ3v) is 3.40. The summed E-state index contributed by atoms with van der Waals surface area (Å²) in [5.74, 6) is 0.263. The Balaban J connectivity index is 1.76. The fourth-order valence-corrected chi connectivity index (χ4v) is 2.11. The molecule has 6 heteroatoms. The van der Waals surface area contributed by atoms with Crippen LogP contribution in [0.2, 0.25) is 10.0 Å². The molecule has 19 heavy (non-hydrogen) atoms. The van der Waals surface area contributed by atoms with Crippen LogP contribution in [0.4, 0.5) is 0 Å². The lowest BCUT2D eigenvalue weighted by Gasteiger charge is -2.37. The van der Waals surface area contributed by atoms with Crippen molar-refractivity contribution in [3.8, 4) is 5.75 Å². The lowest BCUT2D eigenvalue weighted by molar-refractivity contribution is -0.128. The van der Waals surface area contributed by atoms with Crippen molar-refractivity contribution in [2.75, 3.05) is 26.4 Å². The molecule has 104 valence electrons. The molecule has 4 nitrogen and oxygen atoms in total. The zero-order valence-electron chi connectivity index (χ0n) is 10.5. The van der Waals surface area contributed by atoms with E-state index >= 15 is 0 Å². The van der Waals surface area contributed by atoms with Gasteiger partial charge >= 0.3 is 0 Å². The van der Waals surface area contributed by atoms with E-state index in [1.165, 1.54) is 0 Å². The Morgan fingerprint density at radius 1 is 1.47 bits per heavy atom. The predicted octanol–water partition coefficient (Wildman–Crippen LogP) is 2.52. The molecule has 0 atom stereocenters. The molecule has 1 amide bonds. The third kappa shape index (κ3) is 4.00. The normalized spacial score (nSPS) is 16.6. The van der Waals surface area contributed by atoms with Gasteiger partial charge in [0.2, 0.25) is 0 Å². The van der Waals surface area contributed by atoms with Crippen LogP contribution in [0.3, 0.4) is 0 Å². The van der Waals surface area contributed by atoms with Crippen LogP contribution in [-0.2, 0) is 9.53 Å². The third-order valence-electron chi connectivity index (χ3n) is 2.87. The van der Waals surface area contributed by atoms with Crippen molar-refractivity contribution < 1.29 is 14.3 Å². The Kier molecular flexibility index (Phi) is 4.55. The lowest BCUT2D eigenvalue weighted by Crippen LogP contribution is -2.49. The Morgan fingerprint density at radius 3 is 2.79 bits per heavy atom. The number of halogens is 2. The molecular formula is C13H15Cl2NO3. The van der Waals surface area contributed by atoms with E-state index in [2.05, 4.69) is 12.2 Å². The van der Waals surface area contributed by atoms with Gasteiger partial charge in [-0.05, 0) is 18.2 Å². The second-order valence-corrected chi connectivity index (χ2v) is 5.79. The second-order valence-electron chi connectivity index (χ2n) is 4.94. The molecule has 0 bridgehead atoms. The van der Waals surface area contributed by atoms with Crippen molar-refractivity contribution in [2.45, 2.75) is 6.92 Å². The average Bonchev–Trinajstić information content (AvgIpc) is 2.33. The molecule has 1 aliphatic heterocycles. The first-order chi connectivity index (χ1) is 8.98. The minimum atomic E-state index is -0.181. The molecule has 1 fully saturated rings. The fourth-order valence-electron chi connectivity index (χ4n) is 1.65. The van der Waals surface area contributed by atoms with Gasteiger partial charge in [-0.1, -0.05) is 30.1 Å². The first kappa shape index (κ1) is 14.4. The average molecular weight is 304 g/mol. The SMILES string of the molecule is CC1(CNC(=O)COc2ccc(Cl)cc2Cl)COC1. The van der Waals surface area contributed by atoms with Gasteiger partial charge in [-0.25, -0.2) is 0 Å². The van der Waals surface area contributed by atoms with Gasteiger partial charge in [0.25, 0.3) is 5.91 Å². The van der Waals surface area contributed by atoms with Gasteiger partial charge in [-0.2, -0.15) is 0 Å². The number of benzene rings is 1. The van der Waals surface area contributed by atoms with E-state index in [0.717, 1.165) is 0 Å². The van der Waals surface area contributed by atoms with E-state index in [1.54, 1.807) is 18.2 Å². The Morgan fingerprint density at radius 2 is 2.21 bits per heavy atom. The van der Waals surface area contributed by atoms with Crippen molar-refractivity contribution >= 4 is 29.1 Å². The highest BCUT2D eigenvalue weighted by Crippen LogP contribution is 2.27. The summed E-state index contributed by atoms with van der Waals surface area (Å²) >= 11 is 11.7. The summed E-state index contributed by atoms with van der Waals surface area (Å²) in [5, 5.41) is 3.73. The summed E-state index contributed by atoms with van der Waals surface area (Å²) in [7, 11) is 0. The van der Waals surface area contributed by atoms with Crippen LogP contribution in [0.15, 0.2) is 18.2 Å². The smallest absolute Gasteiger partial charge is 0.257 e. The summed E-state index contributed by atoms with van der Waals surface area (Å²) in [6, 6.07) is 4.87. The lowest BCUT2D eigenvalue weighted by atomic mass is 9.89. The molecule has 2 rings (SSSR count). The molecule has 1 aromatic rings. The summed E-state index contributed by atoms with van der Waals surface area (Å²) in [6.45, 7) is 3.93. The van der Waals surface area contributed by atoms with E-state index in [0.29, 0.717) is 35.6 Å². The van der Waals surface area contributed by atoms with Crippen molar-refractivity contribution in [3.63, 3.8) is 0 Å². The molecule has 0 unspecified atom stereocenters. The molecule has 0 aromatic heterocycles. The van der Waals surface area contributed by atoms with Gasteiger partial charge in [-0.3, -0.25) is 4.79 Å². The first-order valence-corrected chi connectivity index (χ1v) is 6.66. The van der Waals surface area contributed by atoms with Crippen LogP contribution in [0, 0.1) is 5.41 Å². The van der Waals surface area contributed by atoms with Gasteiger partial charge in [0.05, 0.1) is 18.2 Å². The molecule has 1 aliphatic rings. The largest absolute Gasteiger partial charge is 0.482 e. The Bertz CT molecular complexity index is 475.